The van der Waals surface area contributed by atoms with Crippen LogP contribution in [0.15, 0.2) is 53.7 Å². The number of aromatic nitrogens is 3. The molecule has 0 unspecified atom stereocenters. The van der Waals surface area contributed by atoms with Gasteiger partial charge in [-0.25, -0.2) is 0 Å². The van der Waals surface area contributed by atoms with Crippen molar-refractivity contribution in [3.05, 3.63) is 71.0 Å². The van der Waals surface area contributed by atoms with Crippen molar-refractivity contribution in [2.24, 2.45) is 0 Å². The van der Waals surface area contributed by atoms with Gasteiger partial charge in [0.05, 0.1) is 0 Å². The number of aryl methyl sites for hydroxylation is 3. The highest BCUT2D eigenvalue weighted by Gasteiger charge is 2.16. The maximum absolute atomic E-state index is 12.2. The van der Waals surface area contributed by atoms with Crippen molar-refractivity contribution in [3.8, 4) is 5.69 Å². The third kappa shape index (κ3) is 6.20. The molecule has 0 saturated heterocycles. The van der Waals surface area contributed by atoms with E-state index in [-0.39, 0.29) is 5.91 Å². The fourth-order valence-corrected chi connectivity index (χ4v) is 3.99. The van der Waals surface area contributed by atoms with Crippen molar-refractivity contribution in [3.63, 3.8) is 0 Å². The van der Waals surface area contributed by atoms with Gasteiger partial charge < -0.3 is 5.32 Å². The summed E-state index contributed by atoms with van der Waals surface area (Å²) in [6, 6.07) is 16.9. The first kappa shape index (κ1) is 22.1. The Morgan fingerprint density at radius 3 is 2.33 bits per heavy atom. The number of benzene rings is 2. The predicted molar refractivity (Wildman–Crippen MR) is 123 cm³/mol. The summed E-state index contributed by atoms with van der Waals surface area (Å²) < 4.78 is 2.08. The number of amides is 1. The van der Waals surface area contributed by atoms with Crippen LogP contribution in [0.2, 0.25) is 0 Å². The van der Waals surface area contributed by atoms with E-state index in [9.17, 15) is 4.79 Å². The van der Waals surface area contributed by atoms with E-state index in [0.29, 0.717) is 12.8 Å². The molecule has 0 radical (unpaired) electrons. The molecule has 1 heterocycles. The van der Waals surface area contributed by atoms with E-state index in [1.807, 2.05) is 0 Å². The average molecular weight is 423 g/mol. The minimum Gasteiger partial charge on any atom is -0.356 e. The molecular formula is C24H30N4OS. The van der Waals surface area contributed by atoms with Gasteiger partial charge in [0.1, 0.15) is 5.82 Å². The van der Waals surface area contributed by atoms with Crippen LogP contribution in [0.4, 0.5) is 0 Å². The van der Waals surface area contributed by atoms with Crippen molar-refractivity contribution in [1.29, 1.82) is 0 Å². The molecule has 6 heteroatoms. The standard InChI is InChI=1S/C24H30N4OS/c1-4-5-16-25-23(29)15-14-22-26-27-24(28(22)21-12-8-19(3)9-13-21)30-17-20-10-6-18(2)7-11-20/h6-13H,4-5,14-17H2,1-3H3,(H,25,29). The molecule has 0 aliphatic rings. The number of rotatable bonds is 10. The number of nitrogens with zero attached hydrogens (tertiary/aromatic N) is 3. The zero-order valence-corrected chi connectivity index (χ0v) is 18.8. The van der Waals surface area contributed by atoms with Crippen LogP contribution in [-0.4, -0.2) is 27.2 Å². The quantitative estimate of drug-likeness (QED) is 0.368. The molecule has 3 aromatic rings. The molecule has 0 spiro atoms. The Balaban J connectivity index is 1.75. The number of unbranched alkanes of at least 4 members (excludes halogenated alkanes) is 1. The van der Waals surface area contributed by atoms with E-state index in [2.05, 4.69) is 89.4 Å². The Labute approximate surface area is 183 Å². The lowest BCUT2D eigenvalue weighted by atomic mass is 10.2. The molecule has 30 heavy (non-hydrogen) atoms. The first-order chi connectivity index (χ1) is 14.6. The lowest BCUT2D eigenvalue weighted by Crippen LogP contribution is -2.24. The van der Waals surface area contributed by atoms with E-state index >= 15 is 0 Å². The lowest BCUT2D eigenvalue weighted by molar-refractivity contribution is -0.121. The van der Waals surface area contributed by atoms with Gasteiger partial charge in [-0.3, -0.25) is 9.36 Å². The summed E-state index contributed by atoms with van der Waals surface area (Å²) >= 11 is 1.67. The van der Waals surface area contributed by atoms with Crippen LogP contribution in [0.25, 0.3) is 5.69 Å². The zero-order valence-electron chi connectivity index (χ0n) is 18.0. The van der Waals surface area contributed by atoms with Gasteiger partial charge in [0.25, 0.3) is 0 Å². The topological polar surface area (TPSA) is 59.8 Å². The smallest absolute Gasteiger partial charge is 0.220 e. The zero-order chi connectivity index (χ0) is 21.3. The Hall–Kier alpha value is -2.60. The molecule has 1 amide bonds. The van der Waals surface area contributed by atoms with Crippen molar-refractivity contribution >= 4 is 17.7 Å². The number of hydrogen-bond acceptors (Lipinski definition) is 4. The molecule has 0 saturated carbocycles. The largest absolute Gasteiger partial charge is 0.356 e. The fourth-order valence-electron chi connectivity index (χ4n) is 3.06. The van der Waals surface area contributed by atoms with Gasteiger partial charge in [0, 0.05) is 30.8 Å². The van der Waals surface area contributed by atoms with Crippen molar-refractivity contribution in [2.75, 3.05) is 6.54 Å². The van der Waals surface area contributed by atoms with Crippen LogP contribution in [0.1, 0.15) is 48.7 Å². The number of carbonyl (C=O) groups is 1. The second kappa shape index (κ2) is 11.0. The number of hydrogen-bond donors (Lipinski definition) is 1. The second-order valence-corrected chi connectivity index (χ2v) is 8.49. The Morgan fingerprint density at radius 1 is 1.00 bits per heavy atom. The first-order valence-corrected chi connectivity index (χ1v) is 11.5. The van der Waals surface area contributed by atoms with Crippen molar-refractivity contribution < 1.29 is 4.79 Å². The number of nitrogens with one attached hydrogen (secondary N) is 1. The Morgan fingerprint density at radius 2 is 1.67 bits per heavy atom. The summed E-state index contributed by atoms with van der Waals surface area (Å²) in [5.74, 6) is 1.70. The summed E-state index contributed by atoms with van der Waals surface area (Å²) in [5, 5.41) is 12.7. The highest BCUT2D eigenvalue weighted by atomic mass is 32.2. The summed E-state index contributed by atoms with van der Waals surface area (Å²) in [7, 11) is 0. The minimum absolute atomic E-state index is 0.0655. The van der Waals surface area contributed by atoms with Crippen LogP contribution in [-0.2, 0) is 17.0 Å². The first-order valence-electron chi connectivity index (χ1n) is 10.5. The Bertz CT molecular complexity index is 948. The van der Waals surface area contributed by atoms with E-state index in [4.69, 9.17) is 0 Å². The van der Waals surface area contributed by atoms with E-state index in [0.717, 1.165) is 41.8 Å². The van der Waals surface area contributed by atoms with E-state index < -0.39 is 0 Å². The molecule has 5 nitrogen and oxygen atoms in total. The molecule has 1 aromatic heterocycles. The van der Waals surface area contributed by atoms with Gasteiger partial charge in [0.15, 0.2) is 5.16 Å². The average Bonchev–Trinajstić information content (AvgIpc) is 3.15. The molecule has 1 N–H and O–H groups in total. The highest BCUT2D eigenvalue weighted by Crippen LogP contribution is 2.26. The van der Waals surface area contributed by atoms with Crippen LogP contribution in [0, 0.1) is 13.8 Å². The summed E-state index contributed by atoms with van der Waals surface area (Å²) in [6.45, 7) is 7.02. The van der Waals surface area contributed by atoms with Crippen LogP contribution in [0.5, 0.6) is 0 Å². The third-order valence-electron chi connectivity index (χ3n) is 4.91. The van der Waals surface area contributed by atoms with Crippen LogP contribution in [0.3, 0.4) is 0 Å². The van der Waals surface area contributed by atoms with Crippen molar-refractivity contribution in [2.45, 2.75) is 57.4 Å². The maximum atomic E-state index is 12.2. The molecule has 2 aromatic carbocycles. The monoisotopic (exact) mass is 422 g/mol. The molecule has 3 rings (SSSR count). The van der Waals surface area contributed by atoms with Gasteiger partial charge in [-0.2, -0.15) is 0 Å². The van der Waals surface area contributed by atoms with E-state index in [1.165, 1.54) is 16.7 Å². The van der Waals surface area contributed by atoms with Crippen molar-refractivity contribution in [1.82, 2.24) is 20.1 Å². The molecule has 0 atom stereocenters. The summed E-state index contributed by atoms with van der Waals surface area (Å²) in [6.07, 6.45) is 3.05. The summed E-state index contributed by atoms with van der Waals surface area (Å²) in [4.78, 5) is 12.2. The molecular weight excluding hydrogens is 392 g/mol. The normalized spacial score (nSPS) is 10.9. The highest BCUT2D eigenvalue weighted by molar-refractivity contribution is 7.98. The van der Waals surface area contributed by atoms with Crippen LogP contribution >= 0.6 is 11.8 Å². The number of thioether (sulfide) groups is 1. The minimum atomic E-state index is 0.0655. The Kier molecular flexibility index (Phi) is 8.08. The molecule has 158 valence electrons. The van der Waals surface area contributed by atoms with E-state index in [1.54, 1.807) is 11.8 Å². The van der Waals surface area contributed by atoms with Gasteiger partial charge >= 0.3 is 0 Å². The predicted octanol–water partition coefficient (Wildman–Crippen LogP) is 5.03. The van der Waals surface area contributed by atoms with Gasteiger partial charge in [-0.1, -0.05) is 72.6 Å². The van der Waals surface area contributed by atoms with Gasteiger partial charge in [0.2, 0.25) is 5.91 Å². The maximum Gasteiger partial charge on any atom is 0.220 e. The van der Waals surface area contributed by atoms with Gasteiger partial charge in [-0.15, -0.1) is 10.2 Å². The van der Waals surface area contributed by atoms with Crippen LogP contribution < -0.4 is 5.32 Å². The second-order valence-electron chi connectivity index (χ2n) is 7.55. The third-order valence-corrected chi connectivity index (χ3v) is 5.91. The number of carbonyl (C=O) groups excluding carboxylic acids is 1. The summed E-state index contributed by atoms with van der Waals surface area (Å²) in [5.41, 5.74) is 4.74. The fraction of sp³-hybridized carbons (Fsp3) is 0.375. The van der Waals surface area contributed by atoms with Gasteiger partial charge in [-0.05, 0) is 38.0 Å². The molecule has 0 bridgehead atoms. The lowest BCUT2D eigenvalue weighted by Gasteiger charge is -2.11. The molecule has 0 fully saturated rings. The molecule has 0 aliphatic carbocycles. The molecule has 0 aliphatic heterocycles. The SMILES string of the molecule is CCCCNC(=O)CCc1nnc(SCc2ccc(C)cc2)n1-c1ccc(C)cc1.